The lowest BCUT2D eigenvalue weighted by molar-refractivity contribution is 0.879. The molecule has 0 aliphatic rings. The molecule has 4 nitrogen and oxygen atoms in total. The molecule has 68 valence electrons. The first-order valence-electron chi connectivity index (χ1n) is 3.95. The van der Waals surface area contributed by atoms with Crippen LogP contribution in [0.1, 0.15) is 17.3 Å². The van der Waals surface area contributed by atoms with Crippen LogP contribution in [0.2, 0.25) is 0 Å². The van der Waals surface area contributed by atoms with Gasteiger partial charge in [-0.1, -0.05) is 0 Å². The molecule has 0 fully saturated rings. The maximum atomic E-state index is 4.33. The third-order valence-corrected chi connectivity index (χ3v) is 2.96. The van der Waals surface area contributed by atoms with Crippen LogP contribution in [-0.2, 0) is 0 Å². The molecule has 2 heterocycles. The van der Waals surface area contributed by atoms with Gasteiger partial charge in [-0.3, -0.25) is 4.40 Å². The number of imidazole rings is 1. The first-order chi connectivity index (χ1) is 6.09. The van der Waals surface area contributed by atoms with E-state index in [1.165, 1.54) is 0 Å². The van der Waals surface area contributed by atoms with Gasteiger partial charge in [0.15, 0.2) is 0 Å². The van der Waals surface area contributed by atoms with Crippen LogP contribution >= 0.6 is 22.6 Å². The van der Waals surface area contributed by atoms with Gasteiger partial charge in [0, 0.05) is 0 Å². The topological polar surface area (TPSA) is 43.1 Å². The summed E-state index contributed by atoms with van der Waals surface area (Å²) in [5.74, 6) is 2.45. The number of aromatic nitrogens is 4. The van der Waals surface area contributed by atoms with Crippen LogP contribution in [0.4, 0.5) is 0 Å². The molecular formula is C8H9IN4. The SMILES string of the molecule is Cc1nc(C)n2c(C)c(I)nc2n1. The average molecular weight is 288 g/mol. The third kappa shape index (κ3) is 1.31. The summed E-state index contributed by atoms with van der Waals surface area (Å²) < 4.78 is 2.95. The molecule has 0 saturated carbocycles. The van der Waals surface area contributed by atoms with Gasteiger partial charge in [0.25, 0.3) is 0 Å². The molecule has 0 spiro atoms. The molecule has 5 heteroatoms. The Bertz CT molecular complexity index is 474. The van der Waals surface area contributed by atoms with E-state index >= 15 is 0 Å². The first kappa shape index (κ1) is 8.86. The van der Waals surface area contributed by atoms with Crippen molar-refractivity contribution < 1.29 is 0 Å². The maximum absolute atomic E-state index is 4.33. The largest absolute Gasteiger partial charge is 0.268 e. The second-order valence-corrected chi connectivity index (χ2v) is 3.96. The lowest BCUT2D eigenvalue weighted by atomic mass is 10.5. The normalized spacial score (nSPS) is 11.1. The number of aryl methyl sites for hydroxylation is 3. The zero-order valence-electron chi connectivity index (χ0n) is 7.67. The Morgan fingerprint density at radius 2 is 1.77 bits per heavy atom. The van der Waals surface area contributed by atoms with Crippen molar-refractivity contribution in [2.24, 2.45) is 0 Å². The van der Waals surface area contributed by atoms with Crippen molar-refractivity contribution in [3.63, 3.8) is 0 Å². The van der Waals surface area contributed by atoms with E-state index in [0.29, 0.717) is 0 Å². The van der Waals surface area contributed by atoms with Crippen molar-refractivity contribution in [1.82, 2.24) is 19.4 Å². The summed E-state index contributed by atoms with van der Waals surface area (Å²) in [6, 6.07) is 0. The number of rotatable bonds is 0. The summed E-state index contributed by atoms with van der Waals surface area (Å²) in [6.45, 7) is 5.86. The van der Waals surface area contributed by atoms with Gasteiger partial charge in [-0.2, -0.15) is 4.98 Å². The summed E-state index contributed by atoms with van der Waals surface area (Å²) in [6.07, 6.45) is 0. The Morgan fingerprint density at radius 1 is 1.08 bits per heavy atom. The number of hydrogen-bond acceptors (Lipinski definition) is 3. The molecule has 0 aliphatic heterocycles. The predicted molar refractivity (Wildman–Crippen MR) is 57.7 cm³/mol. The zero-order chi connectivity index (χ0) is 9.59. The van der Waals surface area contributed by atoms with E-state index in [9.17, 15) is 0 Å². The first-order valence-corrected chi connectivity index (χ1v) is 5.03. The van der Waals surface area contributed by atoms with Crippen LogP contribution in [0.5, 0.6) is 0 Å². The Labute approximate surface area is 89.6 Å². The second kappa shape index (κ2) is 2.90. The summed E-state index contributed by atoms with van der Waals surface area (Å²) in [7, 11) is 0. The van der Waals surface area contributed by atoms with E-state index in [4.69, 9.17) is 0 Å². The van der Waals surface area contributed by atoms with Crippen LogP contribution in [0.25, 0.3) is 5.78 Å². The summed E-state index contributed by atoms with van der Waals surface area (Å²) in [4.78, 5) is 12.9. The van der Waals surface area contributed by atoms with E-state index in [2.05, 4.69) is 37.5 Å². The minimum atomic E-state index is 0.743. The second-order valence-electron chi connectivity index (χ2n) is 2.94. The lowest BCUT2D eigenvalue weighted by Crippen LogP contribution is -2.01. The van der Waals surface area contributed by atoms with Crippen molar-refractivity contribution in [2.45, 2.75) is 20.8 Å². The van der Waals surface area contributed by atoms with Crippen LogP contribution in [0, 0.1) is 24.5 Å². The Morgan fingerprint density at radius 3 is 2.46 bits per heavy atom. The molecule has 0 unspecified atom stereocenters. The van der Waals surface area contributed by atoms with Gasteiger partial charge in [0.2, 0.25) is 5.78 Å². The molecule has 0 aromatic carbocycles. The zero-order valence-corrected chi connectivity index (χ0v) is 9.82. The molecule has 13 heavy (non-hydrogen) atoms. The number of nitrogens with zero attached hydrogens (tertiary/aromatic N) is 4. The molecule has 2 aromatic heterocycles. The van der Waals surface area contributed by atoms with Crippen LogP contribution in [0.15, 0.2) is 0 Å². The molecule has 0 amide bonds. The van der Waals surface area contributed by atoms with E-state index < -0.39 is 0 Å². The predicted octanol–water partition coefficient (Wildman–Crippen LogP) is 1.65. The van der Waals surface area contributed by atoms with Gasteiger partial charge in [0.1, 0.15) is 15.3 Å². The molecule has 0 saturated heterocycles. The van der Waals surface area contributed by atoms with Crippen LogP contribution in [-0.4, -0.2) is 19.4 Å². The molecule has 0 atom stereocenters. The highest BCUT2D eigenvalue weighted by Gasteiger charge is 2.09. The molecule has 0 aliphatic carbocycles. The van der Waals surface area contributed by atoms with Crippen LogP contribution < -0.4 is 0 Å². The quantitative estimate of drug-likeness (QED) is 0.692. The van der Waals surface area contributed by atoms with E-state index in [-0.39, 0.29) is 0 Å². The number of hydrogen-bond donors (Lipinski definition) is 0. The molecule has 0 radical (unpaired) electrons. The molecule has 0 bridgehead atoms. The Balaban J connectivity index is 2.94. The van der Waals surface area contributed by atoms with Gasteiger partial charge >= 0.3 is 0 Å². The molecule has 2 rings (SSSR count). The van der Waals surface area contributed by atoms with Crippen molar-refractivity contribution in [3.05, 3.63) is 21.0 Å². The van der Waals surface area contributed by atoms with Crippen LogP contribution in [0.3, 0.4) is 0 Å². The summed E-state index contributed by atoms with van der Waals surface area (Å²) >= 11 is 2.21. The monoisotopic (exact) mass is 288 g/mol. The maximum Gasteiger partial charge on any atom is 0.238 e. The Hall–Kier alpha value is -0.720. The fraction of sp³-hybridized carbons (Fsp3) is 0.375. The minimum absolute atomic E-state index is 0.743. The summed E-state index contributed by atoms with van der Waals surface area (Å²) in [5, 5.41) is 0. The highest BCUT2D eigenvalue weighted by molar-refractivity contribution is 14.1. The van der Waals surface area contributed by atoms with Gasteiger partial charge < -0.3 is 0 Å². The smallest absolute Gasteiger partial charge is 0.238 e. The van der Waals surface area contributed by atoms with Gasteiger partial charge in [-0.05, 0) is 43.4 Å². The Kier molecular flexibility index (Phi) is 1.98. The molecular weight excluding hydrogens is 279 g/mol. The van der Waals surface area contributed by atoms with E-state index in [1.54, 1.807) is 0 Å². The highest BCUT2D eigenvalue weighted by atomic mass is 127. The van der Waals surface area contributed by atoms with Crippen molar-refractivity contribution in [1.29, 1.82) is 0 Å². The fourth-order valence-electron chi connectivity index (χ4n) is 1.38. The molecule has 0 N–H and O–H groups in total. The van der Waals surface area contributed by atoms with E-state index in [0.717, 1.165) is 26.8 Å². The fourth-order valence-corrected chi connectivity index (χ4v) is 1.83. The standard InChI is InChI=1S/C8H9IN4/c1-4-7(9)12-8-11-5(2)10-6(3)13(4)8/h1-3H3. The third-order valence-electron chi connectivity index (χ3n) is 1.94. The van der Waals surface area contributed by atoms with Crippen molar-refractivity contribution >= 4 is 28.4 Å². The number of fused-ring (bicyclic) bond motifs is 1. The van der Waals surface area contributed by atoms with Gasteiger partial charge in [0.05, 0.1) is 5.69 Å². The minimum Gasteiger partial charge on any atom is -0.268 e. The number of halogens is 1. The van der Waals surface area contributed by atoms with Crippen molar-refractivity contribution in [2.75, 3.05) is 0 Å². The summed E-state index contributed by atoms with van der Waals surface area (Å²) in [5.41, 5.74) is 1.10. The van der Waals surface area contributed by atoms with Gasteiger partial charge in [-0.15, -0.1) is 0 Å². The average Bonchev–Trinajstić information content (AvgIpc) is 2.27. The lowest BCUT2D eigenvalue weighted by Gasteiger charge is -2.00. The molecule has 2 aromatic rings. The van der Waals surface area contributed by atoms with E-state index in [1.807, 2.05) is 25.2 Å². The van der Waals surface area contributed by atoms with Gasteiger partial charge in [-0.25, -0.2) is 9.97 Å². The highest BCUT2D eigenvalue weighted by Crippen LogP contribution is 2.13. The van der Waals surface area contributed by atoms with Crippen molar-refractivity contribution in [3.8, 4) is 0 Å².